The normalized spacial score (nSPS) is 18.9. The Labute approximate surface area is 148 Å². The number of aromatic nitrogens is 2. The van der Waals surface area contributed by atoms with Gasteiger partial charge in [-0.05, 0) is 6.92 Å². The fourth-order valence-electron chi connectivity index (χ4n) is 2.53. The predicted molar refractivity (Wildman–Crippen MR) is 89.1 cm³/mol. The van der Waals surface area contributed by atoms with Gasteiger partial charge < -0.3 is 19.3 Å². The van der Waals surface area contributed by atoms with E-state index in [9.17, 15) is 9.59 Å². The average molecular weight is 372 g/mol. The second kappa shape index (κ2) is 8.24. The summed E-state index contributed by atoms with van der Waals surface area (Å²) in [4.78, 5) is 29.2. The van der Waals surface area contributed by atoms with E-state index in [1.54, 1.807) is 9.80 Å². The first-order valence-electron chi connectivity index (χ1n) is 7.85. The number of nitrogens with zero attached hydrogens (tertiary/aromatic N) is 4. The lowest BCUT2D eigenvalue weighted by molar-refractivity contribution is -0.144. The summed E-state index contributed by atoms with van der Waals surface area (Å²) < 4.78 is 11.2. The Morgan fingerprint density at radius 2 is 1.50 bits per heavy atom. The van der Waals surface area contributed by atoms with E-state index in [-0.39, 0.29) is 11.8 Å². The molecule has 3 heterocycles. The van der Waals surface area contributed by atoms with Crippen LogP contribution in [0.25, 0.3) is 0 Å². The number of carbonyl (C=O) groups excluding carboxylic acids is 2. The first-order valence-corrected chi connectivity index (χ1v) is 9.54. The number of ether oxygens (including phenoxy) is 2. The van der Waals surface area contributed by atoms with Gasteiger partial charge in [-0.15, -0.1) is 10.2 Å². The van der Waals surface area contributed by atoms with Gasteiger partial charge in [0.1, 0.15) is 5.01 Å². The Hall–Kier alpha value is -1.23. The van der Waals surface area contributed by atoms with Gasteiger partial charge in [0.05, 0.1) is 26.4 Å². The third kappa shape index (κ3) is 4.24. The highest BCUT2D eigenvalue weighted by Gasteiger charge is 2.36. The average Bonchev–Trinajstić information content (AvgIpc) is 3.05. The summed E-state index contributed by atoms with van der Waals surface area (Å²) in [6.45, 7) is 5.94. The van der Waals surface area contributed by atoms with E-state index in [2.05, 4.69) is 10.2 Å². The van der Waals surface area contributed by atoms with Crippen molar-refractivity contribution in [1.29, 1.82) is 0 Å². The molecule has 0 unspecified atom stereocenters. The van der Waals surface area contributed by atoms with Crippen LogP contribution in [0.3, 0.4) is 0 Å². The van der Waals surface area contributed by atoms with E-state index in [4.69, 9.17) is 9.47 Å². The molecule has 0 radical (unpaired) electrons. The van der Waals surface area contributed by atoms with Crippen molar-refractivity contribution in [1.82, 2.24) is 20.0 Å². The number of rotatable bonds is 4. The van der Waals surface area contributed by atoms with Crippen LogP contribution in [0.1, 0.15) is 5.01 Å². The molecule has 0 saturated carbocycles. The lowest BCUT2D eigenvalue weighted by Gasteiger charge is -2.33. The molecule has 8 nitrogen and oxygen atoms in total. The first kappa shape index (κ1) is 17.6. The Bertz CT molecular complexity index is 555. The molecule has 10 heteroatoms. The van der Waals surface area contributed by atoms with Gasteiger partial charge in [-0.3, -0.25) is 9.59 Å². The zero-order valence-electron chi connectivity index (χ0n) is 13.5. The molecule has 0 spiro atoms. The molecule has 2 aliphatic heterocycles. The molecule has 0 N–H and O–H groups in total. The Morgan fingerprint density at radius 3 is 1.92 bits per heavy atom. The third-order valence-corrected chi connectivity index (χ3v) is 5.91. The topological polar surface area (TPSA) is 84.9 Å². The molecule has 1 aromatic heterocycles. The van der Waals surface area contributed by atoms with Gasteiger partial charge in [0.25, 0.3) is 0 Å². The highest BCUT2D eigenvalue weighted by molar-refractivity contribution is 8.03. The first-order chi connectivity index (χ1) is 11.6. The number of amides is 2. The standard InChI is InChI=1S/C14H20N4O4S2/c1-10-15-16-14(23-10)24-11(12(19)17-2-6-21-7-3-17)13(20)18-4-8-22-9-5-18/h11H,2-9H2,1H3. The van der Waals surface area contributed by atoms with Gasteiger partial charge in [-0.2, -0.15) is 0 Å². The molecule has 2 amide bonds. The summed E-state index contributed by atoms with van der Waals surface area (Å²) in [6.07, 6.45) is 0. The molecule has 132 valence electrons. The Balaban J connectivity index is 1.76. The van der Waals surface area contributed by atoms with Gasteiger partial charge in [-0.25, -0.2) is 0 Å². The lowest BCUT2D eigenvalue weighted by atomic mass is 10.2. The van der Waals surface area contributed by atoms with Crippen LogP contribution in [0.2, 0.25) is 0 Å². The molecule has 2 aliphatic rings. The molecule has 3 rings (SSSR count). The summed E-state index contributed by atoms with van der Waals surface area (Å²) in [6, 6.07) is 0. The summed E-state index contributed by atoms with van der Waals surface area (Å²) in [7, 11) is 0. The zero-order chi connectivity index (χ0) is 16.9. The van der Waals surface area contributed by atoms with Crippen LogP contribution >= 0.6 is 23.1 Å². The summed E-state index contributed by atoms with van der Waals surface area (Å²) in [5.41, 5.74) is 0. The maximum absolute atomic E-state index is 12.9. The number of morpholine rings is 2. The van der Waals surface area contributed by atoms with Crippen molar-refractivity contribution in [3.05, 3.63) is 5.01 Å². The fraction of sp³-hybridized carbons (Fsp3) is 0.714. The molecule has 0 aromatic carbocycles. The quantitative estimate of drug-likeness (QED) is 0.544. The van der Waals surface area contributed by atoms with Crippen LogP contribution in [-0.4, -0.2) is 89.7 Å². The van der Waals surface area contributed by atoms with Crippen LogP contribution in [0, 0.1) is 6.92 Å². The van der Waals surface area contributed by atoms with Crippen LogP contribution in [0.4, 0.5) is 0 Å². The molecule has 0 aliphatic carbocycles. The summed E-state index contributed by atoms with van der Waals surface area (Å²) in [5, 5.41) is 8.01. The summed E-state index contributed by atoms with van der Waals surface area (Å²) >= 11 is 2.59. The third-order valence-electron chi connectivity index (χ3n) is 3.82. The van der Waals surface area contributed by atoms with Crippen LogP contribution in [0.5, 0.6) is 0 Å². The van der Waals surface area contributed by atoms with E-state index >= 15 is 0 Å². The van der Waals surface area contributed by atoms with Crippen molar-refractivity contribution in [2.75, 3.05) is 52.6 Å². The molecular weight excluding hydrogens is 352 g/mol. The van der Waals surface area contributed by atoms with Gasteiger partial charge >= 0.3 is 0 Å². The monoisotopic (exact) mass is 372 g/mol. The second-order valence-electron chi connectivity index (χ2n) is 5.46. The van der Waals surface area contributed by atoms with Gasteiger partial charge in [0.2, 0.25) is 11.8 Å². The number of aryl methyl sites for hydroxylation is 1. The fourth-order valence-corrected chi connectivity index (χ4v) is 4.58. The maximum atomic E-state index is 12.9. The zero-order valence-corrected chi connectivity index (χ0v) is 15.1. The van der Waals surface area contributed by atoms with E-state index in [0.29, 0.717) is 56.9 Å². The van der Waals surface area contributed by atoms with Crippen LogP contribution in [0.15, 0.2) is 4.34 Å². The van der Waals surface area contributed by atoms with Crippen LogP contribution < -0.4 is 0 Å². The van der Waals surface area contributed by atoms with Crippen molar-refractivity contribution >= 4 is 34.9 Å². The smallest absolute Gasteiger partial charge is 0.245 e. The minimum absolute atomic E-state index is 0.173. The number of hydrogen-bond acceptors (Lipinski definition) is 8. The van der Waals surface area contributed by atoms with Crippen LogP contribution in [-0.2, 0) is 19.1 Å². The highest BCUT2D eigenvalue weighted by Crippen LogP contribution is 2.29. The Morgan fingerprint density at radius 1 is 1.00 bits per heavy atom. The minimum Gasteiger partial charge on any atom is -0.378 e. The van der Waals surface area contributed by atoms with Crippen molar-refractivity contribution in [2.24, 2.45) is 0 Å². The maximum Gasteiger partial charge on any atom is 0.245 e. The SMILES string of the molecule is Cc1nnc(SC(C(=O)N2CCOCC2)C(=O)N2CCOCC2)s1. The number of hydrogen-bond donors (Lipinski definition) is 0. The molecular formula is C14H20N4O4S2. The van der Waals surface area contributed by atoms with Crippen molar-refractivity contribution in [3.8, 4) is 0 Å². The molecule has 0 bridgehead atoms. The second-order valence-corrected chi connectivity index (χ2v) is 7.99. The van der Waals surface area contributed by atoms with Gasteiger partial charge in [-0.1, -0.05) is 23.1 Å². The van der Waals surface area contributed by atoms with E-state index in [1.165, 1.54) is 23.1 Å². The summed E-state index contributed by atoms with van der Waals surface area (Å²) in [5.74, 6) is -0.347. The largest absolute Gasteiger partial charge is 0.378 e. The molecule has 24 heavy (non-hydrogen) atoms. The number of carbonyl (C=O) groups is 2. The van der Waals surface area contributed by atoms with Gasteiger partial charge in [0.15, 0.2) is 9.59 Å². The predicted octanol–water partition coefficient (Wildman–Crippen LogP) is 0.0248. The molecule has 0 atom stereocenters. The van der Waals surface area contributed by atoms with E-state index < -0.39 is 5.25 Å². The molecule has 2 saturated heterocycles. The minimum atomic E-state index is -0.825. The lowest BCUT2D eigenvalue weighted by Crippen LogP contribution is -2.52. The van der Waals surface area contributed by atoms with Crippen molar-refractivity contribution < 1.29 is 19.1 Å². The molecule has 2 fully saturated rings. The Kier molecular flexibility index (Phi) is 6.04. The van der Waals surface area contributed by atoms with E-state index in [0.717, 1.165) is 5.01 Å². The highest BCUT2D eigenvalue weighted by atomic mass is 32.2. The molecule has 1 aromatic rings. The van der Waals surface area contributed by atoms with Crippen molar-refractivity contribution in [2.45, 2.75) is 16.5 Å². The van der Waals surface area contributed by atoms with Gasteiger partial charge in [0, 0.05) is 26.2 Å². The van der Waals surface area contributed by atoms with E-state index in [1.807, 2.05) is 6.92 Å². The number of thioether (sulfide) groups is 1. The van der Waals surface area contributed by atoms with Crippen molar-refractivity contribution in [3.63, 3.8) is 0 Å².